The Kier molecular flexibility index (Phi) is 9.05. The van der Waals surface area contributed by atoms with Crippen molar-refractivity contribution >= 4 is 46.0 Å². The lowest BCUT2D eigenvalue weighted by molar-refractivity contribution is -0.394. The number of nitrogens with zero attached hydrogens (tertiary/aromatic N) is 4. The first-order valence-electron chi connectivity index (χ1n) is 14.0. The second kappa shape index (κ2) is 13.1. The topological polar surface area (TPSA) is 137 Å². The SMILES string of the molecule is CCOc1cc(/C=C2\SC(=Nc3ccccc3)N([C@H]3CCCC[C@H]3C)C2=O)ccc1Oc1ccc([N+](=O)[O-])cc1[N+](=O)[O-]. The van der Waals surface area contributed by atoms with Crippen molar-refractivity contribution in [2.75, 3.05) is 6.61 Å². The van der Waals surface area contributed by atoms with Crippen molar-refractivity contribution in [2.45, 2.75) is 45.6 Å². The summed E-state index contributed by atoms with van der Waals surface area (Å²) in [6.45, 7) is 4.26. The number of benzene rings is 3. The summed E-state index contributed by atoms with van der Waals surface area (Å²) in [5.41, 5.74) is 0.477. The average Bonchev–Trinajstić information content (AvgIpc) is 3.28. The maximum absolute atomic E-state index is 13.8. The number of hydrogen-bond acceptors (Lipinski definition) is 9. The molecule has 0 N–H and O–H groups in total. The highest BCUT2D eigenvalue weighted by molar-refractivity contribution is 8.18. The molecule has 1 amide bonds. The second-order valence-corrected chi connectivity index (χ2v) is 11.3. The number of amides is 1. The van der Waals surface area contributed by atoms with Crippen LogP contribution in [0.2, 0.25) is 0 Å². The number of thioether (sulfide) groups is 1. The smallest absolute Gasteiger partial charge is 0.318 e. The van der Waals surface area contributed by atoms with E-state index in [1.165, 1.54) is 17.8 Å². The van der Waals surface area contributed by atoms with Crippen molar-refractivity contribution in [3.63, 3.8) is 0 Å². The molecule has 1 saturated heterocycles. The molecule has 1 saturated carbocycles. The molecule has 43 heavy (non-hydrogen) atoms. The summed E-state index contributed by atoms with van der Waals surface area (Å²) in [5, 5.41) is 23.4. The number of aliphatic imine (C=N–C) groups is 1. The summed E-state index contributed by atoms with van der Waals surface area (Å²) in [7, 11) is 0. The van der Waals surface area contributed by atoms with Crippen molar-refractivity contribution in [3.05, 3.63) is 97.4 Å². The number of carbonyl (C=O) groups is 1. The number of hydrogen-bond donors (Lipinski definition) is 0. The van der Waals surface area contributed by atoms with Gasteiger partial charge in [-0.05, 0) is 79.4 Å². The van der Waals surface area contributed by atoms with Crippen LogP contribution in [0.1, 0.15) is 45.1 Å². The van der Waals surface area contributed by atoms with E-state index in [1.807, 2.05) is 35.2 Å². The largest absolute Gasteiger partial charge is 0.490 e. The predicted octanol–water partition coefficient (Wildman–Crippen LogP) is 7.88. The van der Waals surface area contributed by atoms with E-state index in [2.05, 4.69) is 6.92 Å². The molecule has 3 aromatic carbocycles. The molecule has 0 aromatic heterocycles. The highest BCUT2D eigenvalue weighted by atomic mass is 32.2. The standard InChI is InChI=1S/C31H30N4O7S/c1-3-41-28-17-21(13-15-27(28)42-26-16-14-23(34(37)38)19-25(26)35(39)40)18-29-30(36)33(24-12-8-7-9-20(24)2)31(43-29)32-22-10-5-4-6-11-22/h4-6,10-11,13-20,24H,3,7-9,12H2,1-2H3/b29-18-,32-31?/t20-,24+/m1/s1. The quantitative estimate of drug-likeness (QED) is 0.137. The van der Waals surface area contributed by atoms with Gasteiger partial charge in [0.25, 0.3) is 11.6 Å². The zero-order chi connectivity index (χ0) is 30.5. The van der Waals surface area contributed by atoms with Crippen LogP contribution in [0.15, 0.2) is 76.6 Å². The molecule has 0 bridgehead atoms. The molecule has 0 radical (unpaired) electrons. The van der Waals surface area contributed by atoms with Crippen LogP contribution in [0.25, 0.3) is 6.08 Å². The van der Waals surface area contributed by atoms with E-state index in [9.17, 15) is 25.0 Å². The third-order valence-corrected chi connectivity index (χ3v) is 8.33. The summed E-state index contributed by atoms with van der Waals surface area (Å²) in [6, 6.07) is 17.8. The van der Waals surface area contributed by atoms with Crippen molar-refractivity contribution in [1.82, 2.24) is 4.90 Å². The minimum Gasteiger partial charge on any atom is -0.490 e. The van der Waals surface area contributed by atoms with Gasteiger partial charge in [0, 0.05) is 12.1 Å². The van der Waals surface area contributed by atoms with Crippen LogP contribution in [0.5, 0.6) is 17.2 Å². The number of rotatable bonds is 9. The number of non-ortho nitro benzene ring substituents is 1. The Morgan fingerprint density at radius 1 is 0.977 bits per heavy atom. The van der Waals surface area contributed by atoms with Crippen LogP contribution in [0, 0.1) is 26.1 Å². The normalized spacial score (nSPS) is 20.4. The zero-order valence-corrected chi connectivity index (χ0v) is 24.5. The minimum atomic E-state index is -0.738. The maximum atomic E-state index is 13.8. The predicted molar refractivity (Wildman–Crippen MR) is 165 cm³/mol. The monoisotopic (exact) mass is 602 g/mol. The molecule has 1 aliphatic carbocycles. The average molecular weight is 603 g/mol. The molecule has 0 unspecified atom stereocenters. The van der Waals surface area contributed by atoms with Crippen LogP contribution in [-0.4, -0.2) is 38.5 Å². The Morgan fingerprint density at radius 3 is 2.42 bits per heavy atom. The van der Waals surface area contributed by atoms with Gasteiger partial charge in [-0.25, -0.2) is 4.99 Å². The van der Waals surface area contributed by atoms with Gasteiger partial charge in [0.15, 0.2) is 16.7 Å². The van der Waals surface area contributed by atoms with Gasteiger partial charge in [0.1, 0.15) is 0 Å². The molecular formula is C31H30N4O7S. The van der Waals surface area contributed by atoms with E-state index in [1.54, 1.807) is 31.2 Å². The number of para-hydroxylation sites is 1. The summed E-state index contributed by atoms with van der Waals surface area (Å²) in [5.74, 6) is 0.579. The van der Waals surface area contributed by atoms with Gasteiger partial charge in [-0.1, -0.05) is 44.0 Å². The molecule has 2 fully saturated rings. The summed E-state index contributed by atoms with van der Waals surface area (Å²) < 4.78 is 11.6. The number of nitro benzene ring substituents is 2. The van der Waals surface area contributed by atoms with Gasteiger partial charge >= 0.3 is 5.69 Å². The van der Waals surface area contributed by atoms with Crippen LogP contribution < -0.4 is 9.47 Å². The molecule has 5 rings (SSSR count). The Bertz CT molecular complexity index is 1610. The molecule has 11 nitrogen and oxygen atoms in total. The molecule has 2 aliphatic rings. The molecular weight excluding hydrogens is 572 g/mol. The first kappa shape index (κ1) is 29.8. The van der Waals surface area contributed by atoms with E-state index < -0.39 is 21.2 Å². The maximum Gasteiger partial charge on any atom is 0.318 e. The molecule has 2 atom stereocenters. The highest BCUT2D eigenvalue weighted by Crippen LogP contribution is 2.42. The zero-order valence-electron chi connectivity index (χ0n) is 23.7. The Hall–Kier alpha value is -4.71. The molecule has 0 spiro atoms. The molecule has 3 aromatic rings. The van der Waals surface area contributed by atoms with E-state index in [0.717, 1.165) is 43.5 Å². The van der Waals surface area contributed by atoms with Crippen molar-refractivity contribution in [3.8, 4) is 17.2 Å². The first-order chi connectivity index (χ1) is 20.7. The minimum absolute atomic E-state index is 0.0642. The summed E-state index contributed by atoms with van der Waals surface area (Å²) >= 11 is 1.33. The number of amidine groups is 1. The van der Waals surface area contributed by atoms with Gasteiger partial charge in [-0.15, -0.1) is 0 Å². The number of ether oxygens (including phenoxy) is 2. The van der Waals surface area contributed by atoms with Gasteiger partial charge in [-0.2, -0.15) is 0 Å². The summed E-state index contributed by atoms with van der Waals surface area (Å²) in [4.78, 5) is 42.3. The fourth-order valence-corrected chi connectivity index (χ4v) is 6.28. The lowest BCUT2D eigenvalue weighted by atomic mass is 9.85. The van der Waals surface area contributed by atoms with Gasteiger partial charge in [0.05, 0.1) is 33.1 Å². The fraction of sp³-hybridized carbons (Fsp3) is 0.290. The van der Waals surface area contributed by atoms with E-state index in [4.69, 9.17) is 14.5 Å². The third-order valence-electron chi connectivity index (χ3n) is 7.35. The van der Waals surface area contributed by atoms with Crippen LogP contribution in [-0.2, 0) is 4.79 Å². The van der Waals surface area contributed by atoms with Gasteiger partial charge < -0.3 is 9.47 Å². The molecule has 1 aliphatic heterocycles. The van der Waals surface area contributed by atoms with Crippen LogP contribution in [0.4, 0.5) is 17.1 Å². The van der Waals surface area contributed by atoms with Crippen LogP contribution >= 0.6 is 11.8 Å². The third kappa shape index (κ3) is 6.69. The fourth-order valence-electron chi connectivity index (χ4n) is 5.24. The van der Waals surface area contributed by atoms with Crippen molar-refractivity contribution in [2.24, 2.45) is 10.9 Å². The molecule has 12 heteroatoms. The van der Waals surface area contributed by atoms with E-state index in [0.29, 0.717) is 27.3 Å². The van der Waals surface area contributed by atoms with Gasteiger partial charge in [0.2, 0.25) is 5.75 Å². The van der Waals surface area contributed by atoms with E-state index >= 15 is 0 Å². The number of carbonyl (C=O) groups excluding carboxylic acids is 1. The lowest BCUT2D eigenvalue weighted by Gasteiger charge is -2.35. The summed E-state index contributed by atoms with van der Waals surface area (Å²) in [6.07, 6.45) is 5.97. The Balaban J connectivity index is 1.48. The molecule has 1 heterocycles. The number of nitro groups is 2. The van der Waals surface area contributed by atoms with Crippen molar-refractivity contribution in [1.29, 1.82) is 0 Å². The van der Waals surface area contributed by atoms with Crippen LogP contribution in [0.3, 0.4) is 0 Å². The second-order valence-electron chi connectivity index (χ2n) is 10.3. The Labute approximate surface area is 252 Å². The van der Waals surface area contributed by atoms with E-state index in [-0.39, 0.29) is 30.1 Å². The first-order valence-corrected chi connectivity index (χ1v) is 14.8. The Morgan fingerprint density at radius 2 is 1.72 bits per heavy atom. The van der Waals surface area contributed by atoms with Crippen molar-refractivity contribution < 1.29 is 24.1 Å². The lowest BCUT2D eigenvalue weighted by Crippen LogP contribution is -2.44. The van der Waals surface area contributed by atoms with Gasteiger partial charge in [-0.3, -0.25) is 29.9 Å². The highest BCUT2D eigenvalue weighted by Gasteiger charge is 2.41. The molecule has 222 valence electrons.